The molecule has 2 atom stereocenters. The van der Waals surface area contributed by atoms with E-state index in [-0.39, 0.29) is 11.8 Å². The van der Waals surface area contributed by atoms with E-state index in [2.05, 4.69) is 16.8 Å². The van der Waals surface area contributed by atoms with Crippen molar-refractivity contribution in [1.29, 1.82) is 0 Å². The highest BCUT2D eigenvalue weighted by molar-refractivity contribution is 5.27. The number of rotatable bonds is 2. The lowest BCUT2D eigenvalue weighted by Gasteiger charge is -2.34. The van der Waals surface area contributed by atoms with E-state index >= 15 is 0 Å². The largest absolute Gasteiger partial charge is 0.506 e. The number of aromatic hydroxyl groups is 1. The van der Waals surface area contributed by atoms with Crippen LogP contribution in [-0.2, 0) is 6.54 Å². The smallest absolute Gasteiger partial charge is 0.138 e. The third-order valence-corrected chi connectivity index (χ3v) is 3.23. The maximum Gasteiger partial charge on any atom is 0.138 e. The lowest BCUT2D eigenvalue weighted by atomic mass is 9.96. The van der Waals surface area contributed by atoms with E-state index in [9.17, 15) is 5.11 Å². The summed E-state index contributed by atoms with van der Waals surface area (Å²) < 4.78 is 0. The minimum absolute atomic E-state index is 0.241. The number of hydrogen-bond donors (Lipinski definition) is 2. The van der Waals surface area contributed by atoms with Gasteiger partial charge in [0.05, 0.1) is 5.69 Å². The Kier molecular flexibility index (Phi) is 3.64. The van der Waals surface area contributed by atoms with Gasteiger partial charge in [-0.1, -0.05) is 6.92 Å². The molecule has 1 aromatic rings. The fourth-order valence-corrected chi connectivity index (χ4v) is 2.57. The van der Waals surface area contributed by atoms with Gasteiger partial charge in [0, 0.05) is 31.4 Å². The molecule has 1 aliphatic rings. The van der Waals surface area contributed by atoms with Crippen molar-refractivity contribution < 1.29 is 5.11 Å². The third-order valence-electron chi connectivity index (χ3n) is 3.23. The molecule has 0 saturated carbocycles. The quantitative estimate of drug-likeness (QED) is 0.810. The monoisotopic (exact) mass is 235 g/mol. The predicted octanol–water partition coefficient (Wildman–Crippen LogP) is 1.26. The van der Waals surface area contributed by atoms with E-state index in [4.69, 9.17) is 5.73 Å². The van der Waals surface area contributed by atoms with E-state index in [1.54, 1.807) is 6.07 Å². The zero-order chi connectivity index (χ0) is 12.4. The van der Waals surface area contributed by atoms with Crippen LogP contribution in [-0.4, -0.2) is 34.1 Å². The molecule has 1 saturated heterocycles. The lowest BCUT2D eigenvalue weighted by molar-refractivity contribution is 0.155. The van der Waals surface area contributed by atoms with Crippen LogP contribution >= 0.6 is 0 Å². The van der Waals surface area contributed by atoms with Crippen molar-refractivity contribution in [2.24, 2.45) is 11.7 Å². The van der Waals surface area contributed by atoms with Gasteiger partial charge in [-0.25, -0.2) is 0 Å². The van der Waals surface area contributed by atoms with Gasteiger partial charge in [0.15, 0.2) is 0 Å². The van der Waals surface area contributed by atoms with Gasteiger partial charge >= 0.3 is 0 Å². The van der Waals surface area contributed by atoms with Crippen LogP contribution in [0, 0.1) is 12.8 Å². The topological polar surface area (TPSA) is 62.4 Å². The van der Waals surface area contributed by atoms with E-state index in [1.807, 2.05) is 13.0 Å². The highest BCUT2D eigenvalue weighted by atomic mass is 16.3. The normalized spacial score (nSPS) is 26.1. The minimum atomic E-state index is 0.241. The Morgan fingerprint density at radius 2 is 2.24 bits per heavy atom. The summed E-state index contributed by atoms with van der Waals surface area (Å²) in [5, 5.41) is 9.78. The van der Waals surface area contributed by atoms with E-state index < -0.39 is 0 Å². The van der Waals surface area contributed by atoms with E-state index in [0.29, 0.717) is 12.5 Å². The summed E-state index contributed by atoms with van der Waals surface area (Å²) in [4.78, 5) is 6.66. The summed E-state index contributed by atoms with van der Waals surface area (Å²) >= 11 is 0. The van der Waals surface area contributed by atoms with Gasteiger partial charge in [0.1, 0.15) is 5.75 Å². The lowest BCUT2D eigenvalue weighted by Crippen LogP contribution is -2.45. The van der Waals surface area contributed by atoms with Crippen molar-refractivity contribution in [3.63, 3.8) is 0 Å². The van der Waals surface area contributed by atoms with Crippen LogP contribution in [0.5, 0.6) is 5.75 Å². The molecule has 17 heavy (non-hydrogen) atoms. The fraction of sp³-hybridized carbons (Fsp3) is 0.615. The average molecular weight is 235 g/mol. The van der Waals surface area contributed by atoms with Gasteiger partial charge in [0.25, 0.3) is 0 Å². The van der Waals surface area contributed by atoms with Gasteiger partial charge in [-0.15, -0.1) is 0 Å². The zero-order valence-corrected chi connectivity index (χ0v) is 10.6. The Labute approximate surface area is 102 Å². The SMILES string of the molecule is Cc1ccc(O)c(CN2CC(C)CC(N)C2)n1. The van der Waals surface area contributed by atoms with Crippen LogP contribution in [0.1, 0.15) is 24.7 Å². The molecule has 2 rings (SSSR count). The van der Waals surface area contributed by atoms with Crippen LogP contribution < -0.4 is 5.73 Å². The van der Waals surface area contributed by atoms with Crippen molar-refractivity contribution in [2.45, 2.75) is 32.9 Å². The van der Waals surface area contributed by atoms with Gasteiger partial charge in [0.2, 0.25) is 0 Å². The number of nitrogens with zero attached hydrogens (tertiary/aromatic N) is 2. The Morgan fingerprint density at radius 3 is 2.94 bits per heavy atom. The maximum absolute atomic E-state index is 9.78. The molecule has 1 fully saturated rings. The molecule has 94 valence electrons. The molecule has 0 aliphatic carbocycles. The summed E-state index contributed by atoms with van der Waals surface area (Å²) in [6, 6.07) is 3.78. The first-order valence-electron chi connectivity index (χ1n) is 6.18. The highest BCUT2D eigenvalue weighted by Crippen LogP contribution is 2.21. The summed E-state index contributed by atoms with van der Waals surface area (Å²) in [5.74, 6) is 0.896. The molecule has 1 aliphatic heterocycles. The van der Waals surface area contributed by atoms with Crippen LogP contribution in [0.4, 0.5) is 0 Å². The standard InChI is InChI=1S/C13H21N3O/c1-9-5-11(14)7-16(6-9)8-12-13(17)4-3-10(2)15-12/h3-4,9,11,17H,5-8,14H2,1-2H3. The Bertz CT molecular complexity index is 384. The van der Waals surface area contributed by atoms with E-state index in [1.165, 1.54) is 0 Å². The second-order valence-corrected chi connectivity index (χ2v) is 5.21. The van der Waals surface area contributed by atoms with Crippen LogP contribution in [0.3, 0.4) is 0 Å². The van der Waals surface area contributed by atoms with E-state index in [0.717, 1.165) is 30.9 Å². The molecule has 4 heteroatoms. The van der Waals surface area contributed by atoms with Crippen LogP contribution in [0.2, 0.25) is 0 Å². The molecule has 4 nitrogen and oxygen atoms in total. The summed E-state index contributed by atoms with van der Waals surface area (Å²) in [7, 11) is 0. The molecular weight excluding hydrogens is 214 g/mol. The molecule has 0 bridgehead atoms. The van der Waals surface area contributed by atoms with Gasteiger partial charge < -0.3 is 10.8 Å². The van der Waals surface area contributed by atoms with Crippen molar-refractivity contribution in [3.8, 4) is 5.75 Å². The van der Waals surface area contributed by atoms with Crippen LogP contribution in [0.25, 0.3) is 0 Å². The first kappa shape index (κ1) is 12.3. The highest BCUT2D eigenvalue weighted by Gasteiger charge is 2.23. The van der Waals surface area contributed by atoms with Gasteiger partial charge in [-0.05, 0) is 31.4 Å². The Balaban J connectivity index is 2.07. The Hall–Kier alpha value is -1.13. The first-order chi connectivity index (χ1) is 8.04. The maximum atomic E-state index is 9.78. The number of pyridine rings is 1. The van der Waals surface area contributed by atoms with Crippen molar-refractivity contribution in [3.05, 3.63) is 23.5 Å². The number of aromatic nitrogens is 1. The summed E-state index contributed by atoms with van der Waals surface area (Å²) in [5.41, 5.74) is 7.71. The van der Waals surface area contributed by atoms with Crippen LogP contribution in [0.15, 0.2) is 12.1 Å². The second kappa shape index (κ2) is 5.02. The number of likely N-dealkylation sites (tertiary alicyclic amines) is 1. The number of nitrogens with two attached hydrogens (primary N) is 1. The molecule has 2 unspecified atom stereocenters. The fourth-order valence-electron chi connectivity index (χ4n) is 2.57. The van der Waals surface area contributed by atoms with Gasteiger partial charge in [-0.2, -0.15) is 0 Å². The van der Waals surface area contributed by atoms with Crippen molar-refractivity contribution in [1.82, 2.24) is 9.88 Å². The number of aryl methyl sites for hydroxylation is 1. The average Bonchev–Trinajstić information content (AvgIpc) is 2.22. The molecular formula is C13H21N3O. The Morgan fingerprint density at radius 1 is 1.47 bits per heavy atom. The molecule has 0 amide bonds. The third kappa shape index (κ3) is 3.17. The van der Waals surface area contributed by atoms with Crippen molar-refractivity contribution >= 4 is 0 Å². The second-order valence-electron chi connectivity index (χ2n) is 5.21. The van der Waals surface area contributed by atoms with Crippen molar-refractivity contribution in [2.75, 3.05) is 13.1 Å². The zero-order valence-electron chi connectivity index (χ0n) is 10.6. The molecule has 3 N–H and O–H groups in total. The molecule has 0 spiro atoms. The number of hydrogen-bond acceptors (Lipinski definition) is 4. The number of piperidine rings is 1. The first-order valence-corrected chi connectivity index (χ1v) is 6.18. The molecule has 1 aromatic heterocycles. The molecule has 0 aromatic carbocycles. The molecule has 2 heterocycles. The van der Waals surface area contributed by atoms with Gasteiger partial charge in [-0.3, -0.25) is 9.88 Å². The molecule has 0 radical (unpaired) electrons. The summed E-state index contributed by atoms with van der Waals surface area (Å²) in [6.07, 6.45) is 1.09. The minimum Gasteiger partial charge on any atom is -0.506 e. The summed E-state index contributed by atoms with van der Waals surface area (Å²) in [6.45, 7) is 6.76. The predicted molar refractivity (Wildman–Crippen MR) is 67.7 cm³/mol.